The molecule has 0 heterocycles. The fraction of sp³-hybridized carbons (Fsp3) is 0.538. The lowest BCUT2D eigenvalue weighted by Crippen LogP contribution is -2.33. The van der Waals surface area contributed by atoms with Crippen molar-refractivity contribution < 1.29 is 9.50 Å². The summed E-state index contributed by atoms with van der Waals surface area (Å²) >= 11 is 0. The van der Waals surface area contributed by atoms with E-state index in [1.54, 1.807) is 6.07 Å². The molecule has 0 aromatic heterocycles. The Labute approximate surface area is 96.7 Å². The molecule has 0 bridgehead atoms. The van der Waals surface area contributed by atoms with Crippen LogP contribution in [0.4, 0.5) is 10.1 Å². The fourth-order valence-electron chi connectivity index (χ4n) is 1.69. The zero-order valence-corrected chi connectivity index (χ0v) is 10.4. The predicted molar refractivity (Wildman–Crippen MR) is 65.0 cm³/mol. The molecule has 0 saturated carbocycles. The van der Waals surface area contributed by atoms with E-state index >= 15 is 0 Å². The quantitative estimate of drug-likeness (QED) is 0.851. The van der Waals surface area contributed by atoms with Crippen molar-refractivity contribution in [1.82, 2.24) is 0 Å². The Bertz CT molecular complexity index is 352. The summed E-state index contributed by atoms with van der Waals surface area (Å²) in [5.74, 6) is 0.194. The zero-order chi connectivity index (χ0) is 12.3. The number of hydrogen-bond donors (Lipinski definition) is 1. The molecule has 1 unspecified atom stereocenters. The second-order valence-corrected chi connectivity index (χ2v) is 4.53. The van der Waals surface area contributed by atoms with Gasteiger partial charge in [-0.2, -0.15) is 0 Å². The minimum atomic E-state index is -0.307. The molecule has 0 aliphatic carbocycles. The van der Waals surface area contributed by atoms with Crippen molar-refractivity contribution in [2.45, 2.75) is 33.4 Å². The predicted octanol–water partition coefficient (Wildman–Crippen LogP) is 2.80. The van der Waals surface area contributed by atoms with Crippen molar-refractivity contribution in [2.75, 3.05) is 11.9 Å². The van der Waals surface area contributed by atoms with Crippen LogP contribution in [0.3, 0.4) is 0 Å². The maximum absolute atomic E-state index is 13.0. The van der Waals surface area contributed by atoms with Gasteiger partial charge in [-0.05, 0) is 31.0 Å². The topological polar surface area (TPSA) is 23.5 Å². The van der Waals surface area contributed by atoms with Crippen LogP contribution in [-0.4, -0.2) is 18.2 Å². The number of anilines is 1. The van der Waals surface area contributed by atoms with Gasteiger partial charge < -0.3 is 10.0 Å². The van der Waals surface area contributed by atoms with Gasteiger partial charge in [0.25, 0.3) is 0 Å². The molecule has 0 amide bonds. The van der Waals surface area contributed by atoms with E-state index in [0.29, 0.717) is 17.5 Å². The van der Waals surface area contributed by atoms with Crippen LogP contribution < -0.4 is 4.90 Å². The molecule has 90 valence electrons. The molecule has 1 rings (SSSR count). The summed E-state index contributed by atoms with van der Waals surface area (Å²) in [6.07, 6.45) is 0. The Morgan fingerprint density at radius 3 is 2.44 bits per heavy atom. The highest BCUT2D eigenvalue weighted by molar-refractivity contribution is 5.53. The fourth-order valence-corrected chi connectivity index (χ4v) is 1.69. The molecule has 1 aromatic rings. The molecule has 1 aromatic carbocycles. The van der Waals surface area contributed by atoms with E-state index in [9.17, 15) is 9.50 Å². The molecule has 2 nitrogen and oxygen atoms in total. The van der Waals surface area contributed by atoms with Crippen molar-refractivity contribution in [3.8, 4) is 0 Å². The van der Waals surface area contributed by atoms with Gasteiger partial charge >= 0.3 is 0 Å². The smallest absolute Gasteiger partial charge is 0.123 e. The molecule has 0 radical (unpaired) electrons. The van der Waals surface area contributed by atoms with Gasteiger partial charge in [0.1, 0.15) is 5.82 Å². The van der Waals surface area contributed by atoms with E-state index in [2.05, 4.69) is 25.7 Å². The van der Waals surface area contributed by atoms with Gasteiger partial charge in [0.15, 0.2) is 0 Å². The standard InChI is InChI=1S/C13H20FNO/c1-9(2)10(3)15(4)13-6-5-12(14)7-11(13)8-16/h5-7,9-10,16H,8H2,1-4H3. The highest BCUT2D eigenvalue weighted by Gasteiger charge is 2.16. The molecule has 1 atom stereocenters. The average molecular weight is 225 g/mol. The van der Waals surface area contributed by atoms with E-state index in [1.165, 1.54) is 12.1 Å². The first-order valence-electron chi connectivity index (χ1n) is 5.59. The lowest BCUT2D eigenvalue weighted by Gasteiger charge is -2.31. The van der Waals surface area contributed by atoms with Gasteiger partial charge in [-0.1, -0.05) is 13.8 Å². The van der Waals surface area contributed by atoms with Crippen LogP contribution in [-0.2, 0) is 6.61 Å². The lowest BCUT2D eigenvalue weighted by molar-refractivity contribution is 0.281. The van der Waals surface area contributed by atoms with Crippen LogP contribution in [0.15, 0.2) is 18.2 Å². The third kappa shape index (κ3) is 2.73. The maximum atomic E-state index is 13.0. The molecule has 0 aliphatic rings. The van der Waals surface area contributed by atoms with Gasteiger partial charge in [-0.15, -0.1) is 0 Å². The highest BCUT2D eigenvalue weighted by Crippen LogP contribution is 2.24. The number of hydrogen-bond acceptors (Lipinski definition) is 2. The molecule has 1 N–H and O–H groups in total. The number of benzene rings is 1. The minimum Gasteiger partial charge on any atom is -0.392 e. The third-order valence-electron chi connectivity index (χ3n) is 3.17. The van der Waals surface area contributed by atoms with Crippen molar-refractivity contribution >= 4 is 5.69 Å². The molecule has 0 spiro atoms. The van der Waals surface area contributed by atoms with E-state index < -0.39 is 0 Å². The summed E-state index contributed by atoms with van der Waals surface area (Å²) in [6.45, 7) is 6.27. The van der Waals surface area contributed by atoms with E-state index in [4.69, 9.17) is 0 Å². The normalized spacial score (nSPS) is 12.9. The van der Waals surface area contributed by atoms with Gasteiger partial charge in [0.05, 0.1) is 6.61 Å². The summed E-state index contributed by atoms with van der Waals surface area (Å²) in [5.41, 5.74) is 1.53. The van der Waals surface area contributed by atoms with Gasteiger partial charge in [-0.3, -0.25) is 0 Å². The van der Waals surface area contributed by atoms with Gasteiger partial charge in [0.2, 0.25) is 0 Å². The first kappa shape index (κ1) is 13.0. The molecule has 0 fully saturated rings. The SMILES string of the molecule is CC(C)C(C)N(C)c1ccc(F)cc1CO. The number of rotatable bonds is 4. The maximum Gasteiger partial charge on any atom is 0.123 e. The van der Waals surface area contributed by atoms with Crippen LogP contribution in [0.2, 0.25) is 0 Å². The summed E-state index contributed by atoms with van der Waals surface area (Å²) in [7, 11) is 1.97. The van der Waals surface area contributed by atoms with Crippen LogP contribution in [0.25, 0.3) is 0 Å². The Balaban J connectivity index is 3.03. The molecule has 3 heteroatoms. The zero-order valence-electron chi connectivity index (χ0n) is 10.4. The number of aliphatic hydroxyl groups excluding tert-OH is 1. The summed E-state index contributed by atoms with van der Waals surface area (Å²) in [5, 5.41) is 9.22. The summed E-state index contributed by atoms with van der Waals surface area (Å²) < 4.78 is 13.0. The molecular formula is C13H20FNO. The number of nitrogens with zero attached hydrogens (tertiary/aromatic N) is 1. The van der Waals surface area contributed by atoms with Gasteiger partial charge in [0, 0.05) is 24.3 Å². The largest absolute Gasteiger partial charge is 0.392 e. The molecule has 0 aliphatic heterocycles. The van der Waals surface area contributed by atoms with E-state index in [0.717, 1.165) is 5.69 Å². The monoisotopic (exact) mass is 225 g/mol. The van der Waals surface area contributed by atoms with Crippen molar-refractivity contribution in [3.63, 3.8) is 0 Å². The summed E-state index contributed by atoms with van der Waals surface area (Å²) in [6, 6.07) is 4.88. The first-order valence-corrected chi connectivity index (χ1v) is 5.59. The Morgan fingerprint density at radius 2 is 1.94 bits per heavy atom. The Morgan fingerprint density at radius 1 is 1.31 bits per heavy atom. The van der Waals surface area contributed by atoms with Crippen molar-refractivity contribution in [3.05, 3.63) is 29.6 Å². The van der Waals surface area contributed by atoms with Crippen LogP contribution >= 0.6 is 0 Å². The van der Waals surface area contributed by atoms with Crippen molar-refractivity contribution in [2.24, 2.45) is 5.92 Å². The third-order valence-corrected chi connectivity index (χ3v) is 3.17. The molecule has 0 saturated heterocycles. The Hall–Kier alpha value is -1.09. The lowest BCUT2D eigenvalue weighted by atomic mass is 10.0. The van der Waals surface area contributed by atoms with E-state index in [-0.39, 0.29) is 12.4 Å². The number of aliphatic hydroxyl groups is 1. The van der Waals surface area contributed by atoms with Crippen molar-refractivity contribution in [1.29, 1.82) is 0 Å². The van der Waals surface area contributed by atoms with Crippen LogP contribution in [0, 0.1) is 11.7 Å². The second kappa shape index (κ2) is 5.30. The summed E-state index contributed by atoms with van der Waals surface area (Å²) in [4.78, 5) is 2.08. The molecule has 16 heavy (non-hydrogen) atoms. The van der Waals surface area contributed by atoms with E-state index in [1.807, 2.05) is 7.05 Å². The number of halogens is 1. The van der Waals surface area contributed by atoms with Gasteiger partial charge in [-0.25, -0.2) is 4.39 Å². The Kier molecular flexibility index (Phi) is 4.30. The minimum absolute atomic E-state index is 0.137. The second-order valence-electron chi connectivity index (χ2n) is 4.53. The first-order chi connectivity index (χ1) is 7.47. The van der Waals surface area contributed by atoms with Crippen LogP contribution in [0.5, 0.6) is 0 Å². The van der Waals surface area contributed by atoms with Crippen LogP contribution in [0.1, 0.15) is 26.3 Å². The molecular weight excluding hydrogens is 205 g/mol. The average Bonchev–Trinajstić information content (AvgIpc) is 2.26. The highest BCUT2D eigenvalue weighted by atomic mass is 19.1.